The maximum absolute atomic E-state index is 12.7. The summed E-state index contributed by atoms with van der Waals surface area (Å²) in [4.78, 5) is 37.3. The first kappa shape index (κ1) is 18.7. The van der Waals surface area contributed by atoms with Gasteiger partial charge in [0, 0.05) is 20.0 Å². The molecule has 0 aliphatic heterocycles. The molecule has 1 unspecified atom stereocenters. The molecule has 1 aromatic carbocycles. The van der Waals surface area contributed by atoms with Crippen molar-refractivity contribution in [1.29, 1.82) is 0 Å². The molecule has 126 valence electrons. The van der Waals surface area contributed by atoms with Gasteiger partial charge >= 0.3 is 5.97 Å². The second kappa shape index (κ2) is 8.92. The first-order valence-corrected chi connectivity index (χ1v) is 7.68. The quantitative estimate of drug-likeness (QED) is 0.779. The predicted octanol–water partition coefficient (Wildman–Crippen LogP) is 1.91. The van der Waals surface area contributed by atoms with Crippen molar-refractivity contribution >= 4 is 17.8 Å². The summed E-state index contributed by atoms with van der Waals surface area (Å²) < 4.78 is 4.65. The van der Waals surface area contributed by atoms with E-state index in [-0.39, 0.29) is 11.8 Å². The zero-order valence-corrected chi connectivity index (χ0v) is 14.1. The lowest BCUT2D eigenvalue weighted by atomic mass is 10.0. The lowest BCUT2D eigenvalue weighted by Crippen LogP contribution is -2.42. The summed E-state index contributed by atoms with van der Waals surface area (Å²) in [6.07, 6.45) is 0.841. The summed E-state index contributed by atoms with van der Waals surface area (Å²) >= 11 is 0. The van der Waals surface area contributed by atoms with Gasteiger partial charge in [-0.3, -0.25) is 9.59 Å². The summed E-state index contributed by atoms with van der Waals surface area (Å²) in [5, 5.41) is 2.69. The molecule has 1 rings (SSSR count). The monoisotopic (exact) mass is 320 g/mol. The zero-order chi connectivity index (χ0) is 17.4. The molecule has 0 saturated carbocycles. The van der Waals surface area contributed by atoms with Gasteiger partial charge in [0.05, 0.1) is 12.7 Å². The smallest absolute Gasteiger partial charge is 0.337 e. The second-order valence-corrected chi connectivity index (χ2v) is 5.17. The summed E-state index contributed by atoms with van der Waals surface area (Å²) in [6, 6.07) is 5.72. The Kier molecular flexibility index (Phi) is 7.25. The fourth-order valence-corrected chi connectivity index (χ4v) is 2.30. The van der Waals surface area contributed by atoms with Crippen LogP contribution < -0.4 is 5.32 Å². The third-order valence-electron chi connectivity index (χ3n) is 3.45. The van der Waals surface area contributed by atoms with Crippen LogP contribution in [0.5, 0.6) is 0 Å². The maximum Gasteiger partial charge on any atom is 0.337 e. The number of esters is 1. The average molecular weight is 320 g/mol. The minimum Gasteiger partial charge on any atom is -0.465 e. The number of nitrogens with zero attached hydrogens (tertiary/aromatic N) is 1. The Morgan fingerprint density at radius 3 is 2.22 bits per heavy atom. The lowest BCUT2D eigenvalue weighted by Gasteiger charge is -2.26. The van der Waals surface area contributed by atoms with Gasteiger partial charge in [0.1, 0.15) is 6.04 Å². The normalized spacial score (nSPS) is 11.5. The van der Waals surface area contributed by atoms with Gasteiger partial charge in [0.2, 0.25) is 11.8 Å². The van der Waals surface area contributed by atoms with Crippen LogP contribution in [0.4, 0.5) is 0 Å². The van der Waals surface area contributed by atoms with Crippen molar-refractivity contribution in [3.63, 3.8) is 0 Å². The van der Waals surface area contributed by atoms with E-state index in [0.29, 0.717) is 24.2 Å². The van der Waals surface area contributed by atoms with Crippen molar-refractivity contribution < 1.29 is 19.1 Å². The highest BCUT2D eigenvalue weighted by Gasteiger charge is 2.25. The van der Waals surface area contributed by atoms with Crippen LogP contribution in [0.1, 0.15) is 49.2 Å². The number of likely N-dealkylation sites (N-methyl/N-ethyl adjacent to an activating group) is 1. The van der Waals surface area contributed by atoms with Gasteiger partial charge < -0.3 is 15.0 Å². The minimum absolute atomic E-state index is 0.157. The van der Waals surface area contributed by atoms with E-state index in [9.17, 15) is 14.4 Å². The number of carbonyl (C=O) groups is 3. The third kappa shape index (κ3) is 5.09. The summed E-state index contributed by atoms with van der Waals surface area (Å²) in [7, 11) is 1.31. The van der Waals surface area contributed by atoms with Gasteiger partial charge in [-0.25, -0.2) is 4.79 Å². The SMILES string of the molecule is CCCN(CC)C(=O)C(NC(C)=O)c1ccc(C(=O)OC)cc1. The Balaban J connectivity index is 3.08. The number of amides is 2. The van der Waals surface area contributed by atoms with Crippen LogP contribution in [0.2, 0.25) is 0 Å². The number of hydrogen-bond acceptors (Lipinski definition) is 4. The van der Waals surface area contributed by atoms with Gasteiger partial charge in [-0.2, -0.15) is 0 Å². The van der Waals surface area contributed by atoms with Crippen LogP contribution in [0, 0.1) is 0 Å². The van der Waals surface area contributed by atoms with Gasteiger partial charge in [0.15, 0.2) is 0 Å². The molecular formula is C17H24N2O4. The molecule has 0 saturated heterocycles. The van der Waals surface area contributed by atoms with Crippen molar-refractivity contribution in [1.82, 2.24) is 10.2 Å². The van der Waals surface area contributed by atoms with Crippen LogP contribution >= 0.6 is 0 Å². The van der Waals surface area contributed by atoms with Crippen LogP contribution in [0.3, 0.4) is 0 Å². The highest BCUT2D eigenvalue weighted by atomic mass is 16.5. The first-order valence-electron chi connectivity index (χ1n) is 7.68. The molecule has 0 fully saturated rings. The average Bonchev–Trinajstić information content (AvgIpc) is 2.56. The highest BCUT2D eigenvalue weighted by molar-refractivity contribution is 5.90. The van der Waals surface area contributed by atoms with Gasteiger partial charge in [-0.05, 0) is 31.0 Å². The molecule has 1 aromatic rings. The van der Waals surface area contributed by atoms with Gasteiger partial charge in [0.25, 0.3) is 0 Å². The topological polar surface area (TPSA) is 75.7 Å². The lowest BCUT2D eigenvalue weighted by molar-refractivity contribution is -0.136. The number of rotatable bonds is 7. The van der Waals surface area contributed by atoms with Crippen molar-refractivity contribution in [3.8, 4) is 0 Å². The molecule has 0 bridgehead atoms. The molecule has 2 amide bonds. The van der Waals surface area contributed by atoms with Crippen molar-refractivity contribution in [3.05, 3.63) is 35.4 Å². The standard InChI is InChI=1S/C17H24N2O4/c1-5-11-19(6-2)16(21)15(18-12(3)20)13-7-9-14(10-8-13)17(22)23-4/h7-10,15H,5-6,11H2,1-4H3,(H,18,20). The Labute approximate surface area is 136 Å². The number of ether oxygens (including phenoxy) is 1. The zero-order valence-electron chi connectivity index (χ0n) is 14.1. The molecule has 1 atom stereocenters. The number of benzene rings is 1. The second-order valence-electron chi connectivity index (χ2n) is 5.17. The fraction of sp³-hybridized carbons (Fsp3) is 0.471. The summed E-state index contributed by atoms with van der Waals surface area (Å²) in [5.74, 6) is -0.886. The molecular weight excluding hydrogens is 296 g/mol. The van der Waals surface area contributed by atoms with Crippen molar-refractivity contribution in [2.45, 2.75) is 33.2 Å². The molecule has 0 aliphatic carbocycles. The van der Waals surface area contributed by atoms with Crippen LogP contribution in [-0.2, 0) is 14.3 Å². The van der Waals surface area contributed by atoms with E-state index < -0.39 is 12.0 Å². The Morgan fingerprint density at radius 1 is 1.17 bits per heavy atom. The maximum atomic E-state index is 12.7. The highest BCUT2D eigenvalue weighted by Crippen LogP contribution is 2.18. The van der Waals surface area contributed by atoms with E-state index in [1.807, 2.05) is 13.8 Å². The molecule has 0 heterocycles. The number of carbonyl (C=O) groups excluding carboxylic acids is 3. The summed E-state index contributed by atoms with van der Waals surface area (Å²) in [6.45, 7) is 6.47. The molecule has 0 aromatic heterocycles. The Hall–Kier alpha value is -2.37. The van der Waals surface area contributed by atoms with E-state index >= 15 is 0 Å². The van der Waals surface area contributed by atoms with E-state index in [1.54, 1.807) is 29.2 Å². The largest absolute Gasteiger partial charge is 0.465 e. The van der Waals surface area contributed by atoms with Gasteiger partial charge in [-0.1, -0.05) is 19.1 Å². The van der Waals surface area contributed by atoms with Crippen LogP contribution in [0.25, 0.3) is 0 Å². The number of hydrogen-bond donors (Lipinski definition) is 1. The van der Waals surface area contributed by atoms with E-state index in [4.69, 9.17) is 0 Å². The Morgan fingerprint density at radius 2 is 1.78 bits per heavy atom. The van der Waals surface area contributed by atoms with Crippen LogP contribution in [0.15, 0.2) is 24.3 Å². The minimum atomic E-state index is -0.759. The van der Waals surface area contributed by atoms with E-state index in [2.05, 4.69) is 10.1 Å². The van der Waals surface area contributed by atoms with Crippen molar-refractivity contribution in [2.24, 2.45) is 0 Å². The molecule has 0 radical (unpaired) electrons. The van der Waals surface area contributed by atoms with E-state index in [1.165, 1.54) is 14.0 Å². The summed E-state index contributed by atoms with van der Waals surface area (Å²) in [5.41, 5.74) is 1.03. The molecule has 1 N–H and O–H groups in total. The molecule has 23 heavy (non-hydrogen) atoms. The molecule has 6 heteroatoms. The van der Waals surface area contributed by atoms with Crippen LogP contribution in [-0.4, -0.2) is 42.9 Å². The van der Waals surface area contributed by atoms with E-state index in [0.717, 1.165) is 6.42 Å². The van der Waals surface area contributed by atoms with Gasteiger partial charge in [-0.15, -0.1) is 0 Å². The fourth-order valence-electron chi connectivity index (χ4n) is 2.30. The number of methoxy groups -OCH3 is 1. The number of nitrogens with one attached hydrogen (secondary N) is 1. The molecule has 0 aliphatic rings. The third-order valence-corrected chi connectivity index (χ3v) is 3.45. The Bertz CT molecular complexity index is 554. The van der Waals surface area contributed by atoms with Crippen molar-refractivity contribution in [2.75, 3.05) is 20.2 Å². The predicted molar refractivity (Wildman–Crippen MR) is 86.9 cm³/mol. The molecule has 6 nitrogen and oxygen atoms in total. The first-order chi connectivity index (χ1) is 10.9. The molecule has 0 spiro atoms.